The molecule has 0 radical (unpaired) electrons. The molecule has 0 saturated carbocycles. The number of aryl methyl sites for hydroxylation is 1. The van der Waals surface area contributed by atoms with Gasteiger partial charge in [-0.3, -0.25) is 0 Å². The van der Waals surface area contributed by atoms with Crippen molar-refractivity contribution >= 4 is 10.0 Å². The van der Waals surface area contributed by atoms with Crippen LogP contribution in [0.15, 0.2) is 29.6 Å². The lowest BCUT2D eigenvalue weighted by Gasteiger charge is -2.02. The highest BCUT2D eigenvalue weighted by Crippen LogP contribution is 2.13. The molecule has 7 nitrogen and oxygen atoms in total. The van der Waals surface area contributed by atoms with Gasteiger partial charge in [0.1, 0.15) is 5.82 Å². The van der Waals surface area contributed by atoms with Crippen LogP contribution in [0.5, 0.6) is 0 Å². The van der Waals surface area contributed by atoms with E-state index in [1.807, 2.05) is 0 Å². The molecule has 0 atom stereocenters. The fraction of sp³-hybridized carbons (Fsp3) is 0.300. The van der Waals surface area contributed by atoms with Crippen LogP contribution in [-0.4, -0.2) is 23.0 Å². The number of nitrogens with one attached hydrogen (secondary N) is 2. The maximum atomic E-state index is 12.0. The van der Waals surface area contributed by atoms with Crippen LogP contribution in [0.4, 0.5) is 0 Å². The topological polar surface area (TPSA) is 106 Å². The van der Waals surface area contributed by atoms with E-state index >= 15 is 0 Å². The smallest absolute Gasteiger partial charge is 0.242 e. The van der Waals surface area contributed by atoms with E-state index in [1.165, 1.54) is 6.20 Å². The summed E-state index contributed by atoms with van der Waals surface area (Å²) in [6.07, 6.45) is 4.74. The van der Waals surface area contributed by atoms with Crippen LogP contribution in [0.25, 0.3) is 0 Å². The number of aromatic nitrogens is 3. The summed E-state index contributed by atoms with van der Waals surface area (Å²) in [6.45, 7) is 0.423. The number of H-pyrrole nitrogens is 1. The van der Waals surface area contributed by atoms with Crippen LogP contribution >= 0.6 is 0 Å². The van der Waals surface area contributed by atoms with Crippen LogP contribution < -0.4 is 10.5 Å². The minimum atomic E-state index is -3.53. The summed E-state index contributed by atoms with van der Waals surface area (Å²) in [5.41, 5.74) is 6.27. The quantitative estimate of drug-likeness (QED) is 0.692. The zero-order chi connectivity index (χ0) is 13.2. The minimum absolute atomic E-state index is 0.127. The lowest BCUT2D eigenvalue weighted by molar-refractivity contribution is 0.579. The Morgan fingerprint density at radius 1 is 1.56 bits per heavy atom. The third kappa shape index (κ3) is 2.61. The molecule has 2 aromatic rings. The summed E-state index contributed by atoms with van der Waals surface area (Å²) in [5, 5.41) is 0. The average Bonchev–Trinajstić information content (AvgIpc) is 2.95. The van der Waals surface area contributed by atoms with E-state index in [4.69, 9.17) is 5.73 Å². The number of hydrogen-bond donors (Lipinski definition) is 3. The summed E-state index contributed by atoms with van der Waals surface area (Å²) in [5.74, 6) is 0.563. The Labute approximate surface area is 105 Å². The zero-order valence-electron chi connectivity index (χ0n) is 9.92. The van der Waals surface area contributed by atoms with Crippen molar-refractivity contribution in [3.63, 3.8) is 0 Å². The predicted octanol–water partition coefficient (Wildman–Crippen LogP) is -0.315. The Balaban J connectivity index is 2.14. The van der Waals surface area contributed by atoms with Gasteiger partial charge in [-0.15, -0.1) is 0 Å². The molecule has 0 aromatic carbocycles. The molecular formula is C10H15N5O2S. The van der Waals surface area contributed by atoms with E-state index in [0.717, 1.165) is 5.69 Å². The first-order chi connectivity index (χ1) is 8.53. The van der Waals surface area contributed by atoms with Gasteiger partial charge in [0.2, 0.25) is 10.0 Å². The summed E-state index contributed by atoms with van der Waals surface area (Å²) in [6, 6.07) is 1.56. The highest BCUT2D eigenvalue weighted by molar-refractivity contribution is 7.89. The molecule has 0 aliphatic heterocycles. The lowest BCUT2D eigenvalue weighted by Crippen LogP contribution is -2.23. The predicted molar refractivity (Wildman–Crippen MR) is 65.9 cm³/mol. The van der Waals surface area contributed by atoms with E-state index in [-0.39, 0.29) is 11.4 Å². The SMILES string of the molecule is Cn1cc(S(=O)(=O)NCc2ncc[nH]2)cc1CN. The lowest BCUT2D eigenvalue weighted by atomic mass is 10.4. The normalized spacial score (nSPS) is 11.9. The molecule has 4 N–H and O–H groups in total. The molecule has 0 aliphatic rings. The number of imidazole rings is 1. The van der Waals surface area contributed by atoms with Crippen LogP contribution in [0.2, 0.25) is 0 Å². The van der Waals surface area contributed by atoms with Gasteiger partial charge in [-0.05, 0) is 6.07 Å². The molecular weight excluding hydrogens is 254 g/mol. The fourth-order valence-electron chi connectivity index (χ4n) is 1.57. The fourth-order valence-corrected chi connectivity index (χ4v) is 2.65. The van der Waals surface area contributed by atoms with Gasteiger partial charge in [0.15, 0.2) is 0 Å². The Kier molecular flexibility index (Phi) is 3.50. The molecule has 2 aromatic heterocycles. The second-order valence-corrected chi connectivity index (χ2v) is 5.61. The first-order valence-corrected chi connectivity index (χ1v) is 6.84. The Bertz CT molecular complexity index is 615. The summed E-state index contributed by atoms with van der Waals surface area (Å²) in [4.78, 5) is 6.98. The second-order valence-electron chi connectivity index (χ2n) is 3.84. The second kappa shape index (κ2) is 4.92. The third-order valence-electron chi connectivity index (χ3n) is 2.59. The van der Waals surface area contributed by atoms with E-state index in [0.29, 0.717) is 12.4 Å². The van der Waals surface area contributed by atoms with Gasteiger partial charge in [-0.25, -0.2) is 18.1 Å². The largest absolute Gasteiger partial charge is 0.352 e. The van der Waals surface area contributed by atoms with Crippen LogP contribution in [0.1, 0.15) is 11.5 Å². The number of sulfonamides is 1. The van der Waals surface area contributed by atoms with Crippen molar-refractivity contribution in [2.24, 2.45) is 12.8 Å². The van der Waals surface area contributed by atoms with Crippen LogP contribution in [0, 0.1) is 0 Å². The first-order valence-electron chi connectivity index (χ1n) is 5.36. The van der Waals surface area contributed by atoms with Crippen molar-refractivity contribution in [1.82, 2.24) is 19.3 Å². The van der Waals surface area contributed by atoms with Crippen molar-refractivity contribution in [3.05, 3.63) is 36.2 Å². The number of nitrogens with two attached hydrogens (primary N) is 1. The highest BCUT2D eigenvalue weighted by atomic mass is 32.2. The standard InChI is InChI=1S/C10H15N5O2S/c1-15-7-9(4-8(15)5-11)18(16,17)14-6-10-12-2-3-13-10/h2-4,7,14H,5-6,11H2,1H3,(H,12,13). The summed E-state index contributed by atoms with van der Waals surface area (Å²) >= 11 is 0. The van der Waals surface area contributed by atoms with Crippen molar-refractivity contribution in [3.8, 4) is 0 Å². The number of rotatable bonds is 5. The molecule has 0 amide bonds. The highest BCUT2D eigenvalue weighted by Gasteiger charge is 2.17. The Morgan fingerprint density at radius 2 is 2.33 bits per heavy atom. The molecule has 0 fully saturated rings. The van der Waals surface area contributed by atoms with E-state index in [1.54, 1.807) is 30.1 Å². The van der Waals surface area contributed by atoms with Crippen LogP contribution in [-0.2, 0) is 30.2 Å². The van der Waals surface area contributed by atoms with Gasteiger partial charge in [-0.2, -0.15) is 0 Å². The maximum Gasteiger partial charge on any atom is 0.242 e. The molecule has 0 unspecified atom stereocenters. The molecule has 0 spiro atoms. The summed E-state index contributed by atoms with van der Waals surface area (Å²) < 4.78 is 28.2. The molecule has 0 saturated heterocycles. The molecule has 0 aliphatic carbocycles. The monoisotopic (exact) mass is 269 g/mol. The first kappa shape index (κ1) is 12.8. The molecule has 2 rings (SSSR count). The molecule has 98 valence electrons. The van der Waals surface area contributed by atoms with E-state index < -0.39 is 10.0 Å². The van der Waals surface area contributed by atoms with Crippen molar-refractivity contribution in [2.45, 2.75) is 18.0 Å². The number of aromatic amines is 1. The van der Waals surface area contributed by atoms with Crippen molar-refractivity contribution < 1.29 is 8.42 Å². The number of hydrogen-bond acceptors (Lipinski definition) is 4. The Morgan fingerprint density at radius 3 is 2.89 bits per heavy atom. The van der Waals surface area contributed by atoms with E-state index in [2.05, 4.69) is 14.7 Å². The van der Waals surface area contributed by atoms with Crippen LogP contribution in [0.3, 0.4) is 0 Å². The van der Waals surface area contributed by atoms with Crippen molar-refractivity contribution in [2.75, 3.05) is 0 Å². The molecule has 8 heteroatoms. The third-order valence-corrected chi connectivity index (χ3v) is 3.95. The summed E-state index contributed by atoms with van der Waals surface area (Å²) in [7, 11) is -1.78. The molecule has 0 bridgehead atoms. The van der Waals surface area contributed by atoms with Gasteiger partial charge in [0.05, 0.1) is 11.4 Å². The minimum Gasteiger partial charge on any atom is -0.352 e. The molecule has 2 heterocycles. The van der Waals surface area contributed by atoms with Gasteiger partial charge >= 0.3 is 0 Å². The van der Waals surface area contributed by atoms with Gasteiger partial charge in [0.25, 0.3) is 0 Å². The van der Waals surface area contributed by atoms with Gasteiger partial charge < -0.3 is 15.3 Å². The average molecular weight is 269 g/mol. The van der Waals surface area contributed by atoms with Gasteiger partial charge in [-0.1, -0.05) is 0 Å². The van der Waals surface area contributed by atoms with E-state index in [9.17, 15) is 8.42 Å². The zero-order valence-corrected chi connectivity index (χ0v) is 10.7. The molecule has 18 heavy (non-hydrogen) atoms. The Hall–Kier alpha value is -1.64. The maximum absolute atomic E-state index is 12.0. The van der Waals surface area contributed by atoms with Gasteiger partial charge in [0, 0.05) is 37.9 Å². The van der Waals surface area contributed by atoms with Crippen molar-refractivity contribution in [1.29, 1.82) is 0 Å². The number of nitrogens with zero attached hydrogens (tertiary/aromatic N) is 2.